The molecule has 0 aliphatic heterocycles. The lowest BCUT2D eigenvalue weighted by Crippen LogP contribution is -1.89. The predicted octanol–water partition coefficient (Wildman–Crippen LogP) is 2.37. The summed E-state index contributed by atoms with van der Waals surface area (Å²) in [5.74, 6) is 1.05. The monoisotopic (exact) mass is 215 g/mol. The number of hydrogen-bond acceptors (Lipinski definition) is 5. The fourth-order valence-electron chi connectivity index (χ4n) is 1.72. The van der Waals surface area contributed by atoms with Crippen LogP contribution in [0.2, 0.25) is 0 Å². The van der Waals surface area contributed by atoms with Crippen LogP contribution < -0.4 is 5.73 Å². The molecule has 0 aromatic carbocycles. The van der Waals surface area contributed by atoms with Gasteiger partial charge >= 0.3 is 0 Å². The molecule has 0 aliphatic carbocycles. The van der Waals surface area contributed by atoms with Gasteiger partial charge < -0.3 is 14.7 Å². The predicted molar refractivity (Wildman–Crippen MR) is 58.7 cm³/mol. The maximum absolute atomic E-state index is 5.75. The van der Waals surface area contributed by atoms with Gasteiger partial charge in [0.05, 0.1) is 11.6 Å². The van der Waals surface area contributed by atoms with Crippen LogP contribution in [0.3, 0.4) is 0 Å². The van der Waals surface area contributed by atoms with E-state index >= 15 is 0 Å². The largest absolute Gasteiger partial charge is 0.464 e. The molecule has 2 N–H and O–H groups in total. The lowest BCUT2D eigenvalue weighted by molar-refractivity contribution is 0.452. The van der Waals surface area contributed by atoms with Gasteiger partial charge in [-0.1, -0.05) is 5.16 Å². The Bertz CT molecular complexity index is 641. The Labute approximate surface area is 90.9 Å². The molecule has 0 aliphatic rings. The van der Waals surface area contributed by atoms with E-state index in [1.165, 1.54) is 0 Å². The molecule has 80 valence electrons. The van der Waals surface area contributed by atoms with Gasteiger partial charge in [-0.25, -0.2) is 4.98 Å². The number of furan rings is 1. The third kappa shape index (κ3) is 1.18. The van der Waals surface area contributed by atoms with Gasteiger partial charge in [-0.3, -0.25) is 0 Å². The van der Waals surface area contributed by atoms with Gasteiger partial charge in [-0.05, 0) is 25.1 Å². The number of fused-ring (bicyclic) bond motifs is 1. The fraction of sp³-hybridized carbons (Fsp3) is 0.0909. The Morgan fingerprint density at radius 2 is 2.25 bits per heavy atom. The van der Waals surface area contributed by atoms with Crippen molar-refractivity contribution in [2.45, 2.75) is 6.92 Å². The first-order valence-electron chi connectivity index (χ1n) is 4.82. The molecule has 0 bridgehead atoms. The summed E-state index contributed by atoms with van der Waals surface area (Å²) in [5.41, 5.74) is 7.86. The maximum Gasteiger partial charge on any atom is 0.260 e. The maximum atomic E-state index is 5.75. The zero-order chi connectivity index (χ0) is 11.1. The zero-order valence-corrected chi connectivity index (χ0v) is 8.60. The lowest BCUT2D eigenvalue weighted by Gasteiger charge is -2.00. The highest BCUT2D eigenvalue weighted by atomic mass is 16.5. The first-order valence-corrected chi connectivity index (χ1v) is 4.82. The average molecular weight is 215 g/mol. The summed E-state index contributed by atoms with van der Waals surface area (Å²) in [6.45, 7) is 1.88. The minimum Gasteiger partial charge on any atom is -0.464 e. The highest BCUT2D eigenvalue weighted by Gasteiger charge is 2.15. The zero-order valence-electron chi connectivity index (χ0n) is 8.60. The van der Waals surface area contributed by atoms with Crippen molar-refractivity contribution in [2.75, 3.05) is 5.73 Å². The normalized spacial score (nSPS) is 11.1. The Hall–Kier alpha value is -2.30. The quantitative estimate of drug-likeness (QED) is 0.674. The van der Waals surface area contributed by atoms with Crippen molar-refractivity contribution >= 4 is 16.9 Å². The molecule has 3 aromatic rings. The van der Waals surface area contributed by atoms with E-state index in [4.69, 9.17) is 14.7 Å². The molecule has 0 atom stereocenters. The fourth-order valence-corrected chi connectivity index (χ4v) is 1.72. The molecule has 0 fully saturated rings. The second kappa shape index (κ2) is 3.10. The van der Waals surface area contributed by atoms with Crippen molar-refractivity contribution < 1.29 is 8.94 Å². The van der Waals surface area contributed by atoms with E-state index in [1.807, 2.05) is 25.1 Å². The molecule has 5 heteroatoms. The molecule has 3 heterocycles. The summed E-state index contributed by atoms with van der Waals surface area (Å²) in [5, 5.41) is 4.40. The number of rotatable bonds is 1. The molecule has 16 heavy (non-hydrogen) atoms. The first-order chi connectivity index (χ1) is 7.75. The van der Waals surface area contributed by atoms with E-state index in [1.54, 1.807) is 6.26 Å². The van der Waals surface area contributed by atoms with E-state index in [9.17, 15) is 0 Å². The SMILES string of the molecule is Cc1cc(-c2ccco2)c2c(N)noc2n1. The minimum absolute atomic E-state index is 0.328. The van der Waals surface area contributed by atoms with Gasteiger partial charge in [0.2, 0.25) is 0 Å². The third-order valence-corrected chi connectivity index (χ3v) is 2.39. The number of nitrogen functional groups attached to an aromatic ring is 1. The van der Waals surface area contributed by atoms with Crippen LogP contribution in [0.1, 0.15) is 5.69 Å². The van der Waals surface area contributed by atoms with Gasteiger partial charge in [-0.15, -0.1) is 0 Å². The number of aromatic nitrogens is 2. The van der Waals surface area contributed by atoms with E-state index in [2.05, 4.69) is 10.1 Å². The minimum atomic E-state index is 0.328. The van der Waals surface area contributed by atoms with Crippen molar-refractivity contribution in [1.82, 2.24) is 10.1 Å². The third-order valence-electron chi connectivity index (χ3n) is 2.39. The average Bonchev–Trinajstić information content (AvgIpc) is 2.87. The van der Waals surface area contributed by atoms with Crippen LogP contribution in [-0.2, 0) is 0 Å². The number of aryl methyl sites for hydroxylation is 1. The first kappa shape index (κ1) is 8.96. The summed E-state index contributed by atoms with van der Waals surface area (Å²) < 4.78 is 10.4. The summed E-state index contributed by atoms with van der Waals surface area (Å²) >= 11 is 0. The Morgan fingerprint density at radius 1 is 1.38 bits per heavy atom. The van der Waals surface area contributed by atoms with E-state index in [0.717, 1.165) is 17.0 Å². The Kier molecular flexibility index (Phi) is 1.73. The topological polar surface area (TPSA) is 78.1 Å². The van der Waals surface area contributed by atoms with Gasteiger partial charge in [0, 0.05) is 11.3 Å². The van der Waals surface area contributed by atoms with Crippen molar-refractivity contribution in [2.24, 2.45) is 0 Å². The van der Waals surface area contributed by atoms with Crippen LogP contribution in [0.4, 0.5) is 5.82 Å². The van der Waals surface area contributed by atoms with Crippen molar-refractivity contribution in [3.63, 3.8) is 0 Å². The van der Waals surface area contributed by atoms with Crippen LogP contribution in [0, 0.1) is 6.92 Å². The summed E-state index contributed by atoms with van der Waals surface area (Å²) in [4.78, 5) is 4.22. The van der Waals surface area contributed by atoms with Gasteiger partial charge in [0.1, 0.15) is 5.76 Å². The molecule has 0 unspecified atom stereocenters. The molecule has 0 saturated heterocycles. The number of anilines is 1. The molecular formula is C11H9N3O2. The van der Waals surface area contributed by atoms with Gasteiger partial charge in [0.15, 0.2) is 5.82 Å². The Balaban J connectivity index is 2.42. The number of nitrogens with two attached hydrogens (primary N) is 1. The summed E-state index contributed by atoms with van der Waals surface area (Å²) in [6.07, 6.45) is 1.61. The molecule has 3 aromatic heterocycles. The number of nitrogens with zero attached hydrogens (tertiary/aromatic N) is 2. The lowest BCUT2D eigenvalue weighted by atomic mass is 10.1. The Morgan fingerprint density at radius 3 is 3.00 bits per heavy atom. The van der Waals surface area contributed by atoms with Crippen molar-refractivity contribution in [3.05, 3.63) is 30.2 Å². The smallest absolute Gasteiger partial charge is 0.260 e. The van der Waals surface area contributed by atoms with E-state index < -0.39 is 0 Å². The molecule has 3 rings (SSSR count). The molecule has 0 spiro atoms. The highest BCUT2D eigenvalue weighted by Crippen LogP contribution is 2.32. The van der Waals surface area contributed by atoms with Gasteiger partial charge in [0.25, 0.3) is 5.71 Å². The second-order valence-electron chi connectivity index (χ2n) is 3.54. The highest BCUT2D eigenvalue weighted by molar-refractivity contribution is 5.97. The van der Waals surface area contributed by atoms with Crippen LogP contribution in [0.15, 0.2) is 33.4 Å². The number of hydrogen-bond donors (Lipinski definition) is 1. The van der Waals surface area contributed by atoms with Crippen LogP contribution >= 0.6 is 0 Å². The summed E-state index contributed by atoms with van der Waals surface area (Å²) in [7, 11) is 0. The van der Waals surface area contributed by atoms with E-state index in [0.29, 0.717) is 16.9 Å². The van der Waals surface area contributed by atoms with Crippen LogP contribution in [-0.4, -0.2) is 10.1 Å². The van der Waals surface area contributed by atoms with Crippen LogP contribution in [0.5, 0.6) is 0 Å². The van der Waals surface area contributed by atoms with Crippen molar-refractivity contribution in [1.29, 1.82) is 0 Å². The molecule has 5 nitrogen and oxygen atoms in total. The molecule has 0 radical (unpaired) electrons. The van der Waals surface area contributed by atoms with Gasteiger partial charge in [-0.2, -0.15) is 0 Å². The standard InChI is InChI=1S/C11H9N3O2/c1-6-5-7(8-3-2-4-15-8)9-10(12)14-16-11(9)13-6/h2-5H,1H3,(H2,12,14). The molecule has 0 amide bonds. The molecular weight excluding hydrogens is 206 g/mol. The molecule has 0 saturated carbocycles. The number of pyridine rings is 1. The van der Waals surface area contributed by atoms with Crippen LogP contribution in [0.25, 0.3) is 22.4 Å². The summed E-state index contributed by atoms with van der Waals surface area (Å²) in [6, 6.07) is 5.58. The van der Waals surface area contributed by atoms with Crippen molar-refractivity contribution in [3.8, 4) is 11.3 Å². The second-order valence-corrected chi connectivity index (χ2v) is 3.54. The van der Waals surface area contributed by atoms with E-state index in [-0.39, 0.29) is 0 Å².